The first-order valence-corrected chi connectivity index (χ1v) is 3.61. The highest BCUT2D eigenvalue weighted by molar-refractivity contribution is 6.31. The first-order chi connectivity index (χ1) is 5.36. The van der Waals surface area contributed by atoms with Gasteiger partial charge in [0.25, 0.3) is 0 Å². The Morgan fingerprint density at radius 2 is 2.09 bits per heavy atom. The molecule has 2 rings (SSSR count). The fourth-order valence-electron chi connectivity index (χ4n) is 0.959. The number of rotatable bonds is 0. The van der Waals surface area contributed by atoms with Crippen LogP contribution in [-0.2, 0) is 0 Å². The molecule has 0 radical (unpaired) electrons. The van der Waals surface area contributed by atoms with Gasteiger partial charge in [-0.05, 0) is 24.3 Å². The van der Waals surface area contributed by atoms with Gasteiger partial charge in [-0.2, -0.15) is 10.2 Å². The molecule has 3 heteroatoms. The second kappa shape index (κ2) is 2.47. The molecule has 0 aliphatic carbocycles. The van der Waals surface area contributed by atoms with Gasteiger partial charge in [-0.3, -0.25) is 0 Å². The van der Waals surface area contributed by atoms with E-state index in [0.29, 0.717) is 0 Å². The summed E-state index contributed by atoms with van der Waals surface area (Å²) >= 11 is 5.77. The summed E-state index contributed by atoms with van der Waals surface area (Å²) in [7, 11) is 0. The maximum absolute atomic E-state index is 5.77. The van der Waals surface area contributed by atoms with E-state index in [9.17, 15) is 0 Å². The molecule has 0 atom stereocenters. The summed E-state index contributed by atoms with van der Waals surface area (Å²) in [5, 5.41) is 9.41. The van der Waals surface area contributed by atoms with E-state index >= 15 is 0 Å². The summed E-state index contributed by atoms with van der Waals surface area (Å²) in [6.45, 7) is 0. The minimum atomic E-state index is 0.727. The van der Waals surface area contributed by atoms with Gasteiger partial charge in [0.05, 0.1) is 11.7 Å². The molecule has 0 amide bonds. The van der Waals surface area contributed by atoms with Gasteiger partial charge in [0.1, 0.15) is 0 Å². The van der Waals surface area contributed by atoms with Crippen molar-refractivity contribution < 1.29 is 0 Å². The quantitative estimate of drug-likeness (QED) is 0.597. The monoisotopic (exact) mass is 164 g/mol. The summed E-state index contributed by atoms with van der Waals surface area (Å²) in [5.74, 6) is 0. The molecular weight excluding hydrogens is 160 g/mol. The molecule has 0 saturated heterocycles. The summed E-state index contributed by atoms with van der Waals surface area (Å²) < 4.78 is 0. The predicted octanol–water partition coefficient (Wildman–Crippen LogP) is 2.28. The average Bonchev–Trinajstić information content (AvgIpc) is 2.04. The van der Waals surface area contributed by atoms with Crippen molar-refractivity contribution in [3.05, 3.63) is 35.5 Å². The number of nitrogens with zero attached hydrogens (tertiary/aromatic N) is 2. The predicted molar refractivity (Wildman–Crippen MR) is 44.5 cm³/mol. The average molecular weight is 165 g/mol. The second-order valence-corrected chi connectivity index (χ2v) is 2.67. The van der Waals surface area contributed by atoms with Crippen LogP contribution in [0.25, 0.3) is 10.9 Å². The Kier molecular flexibility index (Phi) is 1.47. The van der Waals surface area contributed by atoms with Crippen LogP contribution in [-0.4, -0.2) is 10.2 Å². The van der Waals surface area contributed by atoms with Crippen LogP contribution in [0, 0.1) is 0 Å². The van der Waals surface area contributed by atoms with Crippen molar-refractivity contribution in [3.63, 3.8) is 0 Å². The molecule has 2 aromatic rings. The molecule has 2 nitrogen and oxygen atoms in total. The highest BCUT2D eigenvalue weighted by atomic mass is 35.5. The molecule has 0 aliphatic rings. The molecule has 0 N–H and O–H groups in total. The highest BCUT2D eigenvalue weighted by Gasteiger charge is 1.93. The molecular formula is C8H5ClN2. The van der Waals surface area contributed by atoms with E-state index in [1.807, 2.05) is 18.2 Å². The van der Waals surface area contributed by atoms with E-state index in [4.69, 9.17) is 11.6 Å². The molecule has 1 aromatic heterocycles. The first kappa shape index (κ1) is 6.55. The topological polar surface area (TPSA) is 25.8 Å². The van der Waals surface area contributed by atoms with Gasteiger partial charge in [-0.25, -0.2) is 0 Å². The van der Waals surface area contributed by atoms with Crippen LogP contribution >= 0.6 is 11.6 Å². The van der Waals surface area contributed by atoms with Gasteiger partial charge in [-0.15, -0.1) is 0 Å². The maximum atomic E-state index is 5.77. The fraction of sp³-hybridized carbons (Fsp3) is 0. The lowest BCUT2D eigenvalue weighted by molar-refractivity contribution is 1.08. The van der Waals surface area contributed by atoms with Crippen LogP contribution in [0.4, 0.5) is 0 Å². The number of fused-ring (bicyclic) bond motifs is 1. The minimum absolute atomic E-state index is 0.727. The summed E-state index contributed by atoms with van der Waals surface area (Å²) in [4.78, 5) is 0. The van der Waals surface area contributed by atoms with Gasteiger partial charge in [0.15, 0.2) is 0 Å². The number of hydrogen-bond acceptors (Lipinski definition) is 2. The van der Waals surface area contributed by atoms with E-state index < -0.39 is 0 Å². The second-order valence-electron chi connectivity index (χ2n) is 2.23. The van der Waals surface area contributed by atoms with Crippen LogP contribution in [0.1, 0.15) is 0 Å². The van der Waals surface area contributed by atoms with E-state index in [1.54, 1.807) is 12.3 Å². The zero-order chi connectivity index (χ0) is 7.68. The largest absolute Gasteiger partial charge is 0.159 e. The Morgan fingerprint density at radius 1 is 1.18 bits per heavy atom. The van der Waals surface area contributed by atoms with E-state index in [1.165, 1.54) is 0 Å². The van der Waals surface area contributed by atoms with Crippen molar-refractivity contribution in [2.45, 2.75) is 0 Å². The zero-order valence-electron chi connectivity index (χ0n) is 5.66. The third kappa shape index (κ3) is 1.17. The van der Waals surface area contributed by atoms with Crippen molar-refractivity contribution in [1.82, 2.24) is 10.2 Å². The Bertz CT molecular complexity index is 387. The van der Waals surface area contributed by atoms with Gasteiger partial charge in [-0.1, -0.05) is 11.6 Å². The van der Waals surface area contributed by atoms with Crippen LogP contribution < -0.4 is 0 Å². The van der Waals surface area contributed by atoms with Crippen molar-refractivity contribution in [1.29, 1.82) is 0 Å². The number of hydrogen-bond donors (Lipinski definition) is 0. The SMILES string of the molecule is Clc1ccc2nnccc2c1. The van der Waals surface area contributed by atoms with Crippen molar-refractivity contribution in [2.75, 3.05) is 0 Å². The van der Waals surface area contributed by atoms with E-state index in [2.05, 4.69) is 10.2 Å². The molecule has 1 aromatic carbocycles. The lowest BCUT2D eigenvalue weighted by Crippen LogP contribution is -1.80. The molecule has 54 valence electrons. The van der Waals surface area contributed by atoms with Crippen molar-refractivity contribution in [3.8, 4) is 0 Å². The minimum Gasteiger partial charge on any atom is -0.159 e. The van der Waals surface area contributed by atoms with Crippen LogP contribution in [0.5, 0.6) is 0 Å². The zero-order valence-corrected chi connectivity index (χ0v) is 6.42. The summed E-state index contributed by atoms with van der Waals surface area (Å²) in [5.41, 5.74) is 0.872. The van der Waals surface area contributed by atoms with Crippen molar-refractivity contribution in [2.24, 2.45) is 0 Å². The normalized spacial score (nSPS) is 10.3. The third-order valence-electron chi connectivity index (χ3n) is 1.48. The third-order valence-corrected chi connectivity index (χ3v) is 1.71. The summed E-state index contributed by atoms with van der Waals surface area (Å²) in [6, 6.07) is 7.41. The molecule has 1 heterocycles. The van der Waals surface area contributed by atoms with Gasteiger partial charge in [0, 0.05) is 10.4 Å². The molecule has 11 heavy (non-hydrogen) atoms. The Morgan fingerprint density at radius 3 is 3.00 bits per heavy atom. The smallest absolute Gasteiger partial charge is 0.0930 e. The molecule has 0 bridgehead atoms. The van der Waals surface area contributed by atoms with Crippen LogP contribution in [0.2, 0.25) is 5.02 Å². The molecule has 0 fully saturated rings. The van der Waals surface area contributed by atoms with Gasteiger partial charge in [0.2, 0.25) is 0 Å². The number of halogens is 1. The van der Waals surface area contributed by atoms with Gasteiger partial charge < -0.3 is 0 Å². The van der Waals surface area contributed by atoms with Crippen LogP contribution in [0.15, 0.2) is 30.5 Å². The Hall–Kier alpha value is -1.15. The molecule has 0 unspecified atom stereocenters. The Balaban J connectivity index is 2.83. The standard InChI is InChI=1S/C8H5ClN2/c9-7-1-2-8-6(5-7)3-4-10-11-8/h1-5H. The van der Waals surface area contributed by atoms with Gasteiger partial charge >= 0.3 is 0 Å². The van der Waals surface area contributed by atoms with Crippen molar-refractivity contribution >= 4 is 22.5 Å². The fourth-order valence-corrected chi connectivity index (χ4v) is 1.14. The molecule has 0 aliphatic heterocycles. The summed E-state index contributed by atoms with van der Waals surface area (Å²) in [6.07, 6.45) is 1.65. The highest BCUT2D eigenvalue weighted by Crippen LogP contribution is 2.15. The Labute approximate surface area is 68.8 Å². The van der Waals surface area contributed by atoms with Crippen LogP contribution in [0.3, 0.4) is 0 Å². The maximum Gasteiger partial charge on any atom is 0.0930 e. The molecule has 0 saturated carbocycles. The molecule has 0 spiro atoms. The lowest BCUT2D eigenvalue weighted by Gasteiger charge is -1.93. The number of aromatic nitrogens is 2. The lowest BCUT2D eigenvalue weighted by atomic mass is 10.2. The van der Waals surface area contributed by atoms with E-state index in [-0.39, 0.29) is 0 Å². The number of benzene rings is 1. The van der Waals surface area contributed by atoms with E-state index in [0.717, 1.165) is 15.9 Å². The first-order valence-electron chi connectivity index (χ1n) is 3.23.